The summed E-state index contributed by atoms with van der Waals surface area (Å²) in [5.41, 5.74) is 6.49. The molecule has 1 aliphatic rings. The number of carbonyl (C=O) groups excluding carboxylic acids is 1. The molecule has 1 aromatic rings. The Bertz CT molecular complexity index is 570. The number of amides is 1. The van der Waals surface area contributed by atoms with Crippen molar-refractivity contribution in [2.75, 3.05) is 0 Å². The molecule has 3 nitrogen and oxygen atoms in total. The number of allylic oxidation sites excluding steroid dienone is 3. The highest BCUT2D eigenvalue weighted by atomic mass is 16.2. The molecule has 20 heavy (non-hydrogen) atoms. The Labute approximate surface area is 120 Å². The minimum Gasteiger partial charge on any atom is -0.267 e. The van der Waals surface area contributed by atoms with Crippen LogP contribution in [0.5, 0.6) is 0 Å². The smallest absolute Gasteiger partial charge is 0.267 e. The molecule has 1 aliphatic carbocycles. The first-order valence-corrected chi connectivity index (χ1v) is 6.82. The molecule has 1 aromatic carbocycles. The molecule has 3 heteroatoms. The number of nitrogens with one attached hydrogen (secondary N) is 1. The molecular weight excluding hydrogens is 248 g/mol. The van der Waals surface area contributed by atoms with E-state index in [0.29, 0.717) is 11.5 Å². The summed E-state index contributed by atoms with van der Waals surface area (Å²) in [5.74, 6) is 0.245. The van der Waals surface area contributed by atoms with Crippen LogP contribution in [-0.4, -0.2) is 11.6 Å². The molecule has 1 atom stereocenters. The summed E-state index contributed by atoms with van der Waals surface area (Å²) < 4.78 is 0. The van der Waals surface area contributed by atoms with Crippen molar-refractivity contribution in [3.05, 3.63) is 59.7 Å². The Morgan fingerprint density at radius 2 is 2.05 bits per heavy atom. The van der Waals surface area contributed by atoms with Gasteiger partial charge >= 0.3 is 0 Å². The molecule has 0 bridgehead atoms. The van der Waals surface area contributed by atoms with Gasteiger partial charge in [0.2, 0.25) is 0 Å². The number of nitrogens with zero attached hydrogens (tertiary/aromatic N) is 1. The standard InChI is InChI=1S/C17H20N2O/c1-12(2)15-10-9-13(3)16(11-15)18-19-17(20)14-7-5-4-6-8-14/h4-9,15H,1,10-11H2,2-3H3,(H,19,20)/b18-16+/t15-/m1/s1. The van der Waals surface area contributed by atoms with Crippen LogP contribution in [0, 0.1) is 5.92 Å². The average Bonchev–Trinajstić information content (AvgIpc) is 2.46. The Balaban J connectivity index is 2.07. The summed E-state index contributed by atoms with van der Waals surface area (Å²) in [5, 5.41) is 4.28. The third-order valence-corrected chi connectivity index (χ3v) is 3.63. The van der Waals surface area contributed by atoms with E-state index < -0.39 is 0 Å². The van der Waals surface area contributed by atoms with Crippen LogP contribution in [0.2, 0.25) is 0 Å². The second-order valence-electron chi connectivity index (χ2n) is 5.24. The quantitative estimate of drug-likeness (QED) is 0.659. The molecule has 0 saturated carbocycles. The van der Waals surface area contributed by atoms with Crippen molar-refractivity contribution < 1.29 is 4.79 Å². The van der Waals surface area contributed by atoms with Crippen molar-refractivity contribution >= 4 is 11.6 Å². The maximum atomic E-state index is 12.0. The zero-order valence-corrected chi connectivity index (χ0v) is 12.0. The molecule has 0 unspecified atom stereocenters. The Hall–Kier alpha value is -2.16. The molecule has 1 amide bonds. The molecular formula is C17H20N2O. The lowest BCUT2D eigenvalue weighted by Crippen LogP contribution is -2.23. The van der Waals surface area contributed by atoms with Gasteiger partial charge in [-0.1, -0.05) is 36.4 Å². The van der Waals surface area contributed by atoms with E-state index in [0.717, 1.165) is 29.7 Å². The van der Waals surface area contributed by atoms with Gasteiger partial charge < -0.3 is 0 Å². The summed E-state index contributed by atoms with van der Waals surface area (Å²) in [6.45, 7) is 8.08. The Kier molecular flexibility index (Phi) is 4.51. The Morgan fingerprint density at radius 3 is 2.70 bits per heavy atom. The van der Waals surface area contributed by atoms with E-state index in [2.05, 4.69) is 23.2 Å². The van der Waals surface area contributed by atoms with Crippen LogP contribution in [0.1, 0.15) is 37.0 Å². The maximum Gasteiger partial charge on any atom is 0.271 e. The molecule has 1 N–H and O–H groups in total. The predicted molar refractivity (Wildman–Crippen MR) is 82.6 cm³/mol. The van der Waals surface area contributed by atoms with Crippen LogP contribution in [0.25, 0.3) is 0 Å². The van der Waals surface area contributed by atoms with Gasteiger partial charge in [0.05, 0.1) is 5.71 Å². The lowest BCUT2D eigenvalue weighted by molar-refractivity contribution is 0.0954. The third kappa shape index (κ3) is 3.44. The van der Waals surface area contributed by atoms with Gasteiger partial charge in [-0.3, -0.25) is 4.79 Å². The second-order valence-corrected chi connectivity index (χ2v) is 5.24. The minimum atomic E-state index is -0.177. The molecule has 0 saturated heterocycles. The maximum absolute atomic E-state index is 12.0. The molecule has 0 radical (unpaired) electrons. The van der Waals surface area contributed by atoms with Crippen LogP contribution >= 0.6 is 0 Å². The van der Waals surface area contributed by atoms with Gasteiger partial charge in [-0.2, -0.15) is 5.10 Å². The highest BCUT2D eigenvalue weighted by Gasteiger charge is 2.18. The molecule has 0 aliphatic heterocycles. The SMILES string of the molecule is C=C(C)[C@@H]1CC=C(C)/C(=N/NC(=O)c2ccccc2)C1. The number of rotatable bonds is 3. The van der Waals surface area contributed by atoms with Crippen molar-refractivity contribution in [1.82, 2.24) is 5.43 Å². The first kappa shape index (κ1) is 14.3. The lowest BCUT2D eigenvalue weighted by Gasteiger charge is -2.22. The van der Waals surface area contributed by atoms with E-state index in [9.17, 15) is 4.79 Å². The normalized spacial score (nSPS) is 20.4. The summed E-state index contributed by atoms with van der Waals surface area (Å²) in [7, 11) is 0. The minimum absolute atomic E-state index is 0.177. The number of hydrogen-bond acceptors (Lipinski definition) is 2. The molecule has 2 rings (SSSR count). The van der Waals surface area contributed by atoms with Gasteiger partial charge in [-0.25, -0.2) is 5.43 Å². The highest BCUT2D eigenvalue weighted by molar-refractivity contribution is 6.02. The van der Waals surface area contributed by atoms with Crippen molar-refractivity contribution in [1.29, 1.82) is 0 Å². The number of benzene rings is 1. The molecule has 0 fully saturated rings. The van der Waals surface area contributed by atoms with Crippen LogP contribution < -0.4 is 5.43 Å². The van der Waals surface area contributed by atoms with Gasteiger partial charge in [0, 0.05) is 5.56 Å². The zero-order chi connectivity index (χ0) is 14.5. The fourth-order valence-electron chi connectivity index (χ4n) is 2.20. The molecule has 0 heterocycles. The summed E-state index contributed by atoms with van der Waals surface area (Å²) in [6, 6.07) is 9.11. The lowest BCUT2D eigenvalue weighted by atomic mass is 9.85. The van der Waals surface area contributed by atoms with E-state index in [1.54, 1.807) is 12.1 Å². The summed E-state index contributed by atoms with van der Waals surface area (Å²) in [4.78, 5) is 12.0. The van der Waals surface area contributed by atoms with Crippen LogP contribution in [0.15, 0.2) is 59.2 Å². The van der Waals surface area contributed by atoms with Crippen LogP contribution in [-0.2, 0) is 0 Å². The summed E-state index contributed by atoms with van der Waals surface area (Å²) in [6.07, 6.45) is 4.01. The van der Waals surface area contributed by atoms with E-state index in [1.165, 1.54) is 0 Å². The van der Waals surface area contributed by atoms with Gasteiger partial charge in [0.1, 0.15) is 0 Å². The van der Waals surface area contributed by atoms with Gasteiger partial charge in [0.15, 0.2) is 0 Å². The van der Waals surface area contributed by atoms with Gasteiger partial charge in [-0.15, -0.1) is 0 Å². The molecule has 0 aromatic heterocycles. The fourth-order valence-corrected chi connectivity index (χ4v) is 2.20. The number of hydrazone groups is 1. The largest absolute Gasteiger partial charge is 0.271 e. The molecule has 104 valence electrons. The molecule has 0 spiro atoms. The fraction of sp³-hybridized carbons (Fsp3) is 0.294. The van der Waals surface area contributed by atoms with Gasteiger partial charge in [-0.05, 0) is 50.3 Å². The van der Waals surface area contributed by atoms with Crippen molar-refractivity contribution in [3.8, 4) is 0 Å². The average molecular weight is 268 g/mol. The topological polar surface area (TPSA) is 41.5 Å². The monoisotopic (exact) mass is 268 g/mol. The zero-order valence-electron chi connectivity index (χ0n) is 12.0. The summed E-state index contributed by atoms with van der Waals surface area (Å²) >= 11 is 0. The Morgan fingerprint density at radius 1 is 1.35 bits per heavy atom. The van der Waals surface area contributed by atoms with E-state index in [-0.39, 0.29) is 5.91 Å². The van der Waals surface area contributed by atoms with Crippen LogP contribution in [0.4, 0.5) is 0 Å². The number of hydrogen-bond donors (Lipinski definition) is 1. The first-order chi connectivity index (χ1) is 9.58. The van der Waals surface area contributed by atoms with Crippen LogP contribution in [0.3, 0.4) is 0 Å². The third-order valence-electron chi connectivity index (χ3n) is 3.63. The van der Waals surface area contributed by atoms with E-state index >= 15 is 0 Å². The van der Waals surface area contributed by atoms with Crippen molar-refractivity contribution in [2.45, 2.75) is 26.7 Å². The number of carbonyl (C=O) groups is 1. The highest BCUT2D eigenvalue weighted by Crippen LogP contribution is 2.26. The first-order valence-electron chi connectivity index (χ1n) is 6.82. The van der Waals surface area contributed by atoms with Crippen molar-refractivity contribution in [2.24, 2.45) is 11.0 Å². The predicted octanol–water partition coefficient (Wildman–Crippen LogP) is 3.70. The van der Waals surface area contributed by atoms with E-state index in [4.69, 9.17) is 0 Å². The van der Waals surface area contributed by atoms with E-state index in [1.807, 2.05) is 32.0 Å². The second kappa shape index (κ2) is 6.33. The van der Waals surface area contributed by atoms with Crippen molar-refractivity contribution in [3.63, 3.8) is 0 Å². The van der Waals surface area contributed by atoms with Gasteiger partial charge in [0.25, 0.3) is 5.91 Å².